The molecule has 0 atom stereocenters. The number of hydrogen-bond acceptors (Lipinski definition) is 5. The molecule has 3 amide bonds. The Morgan fingerprint density at radius 2 is 1.83 bits per heavy atom. The van der Waals surface area contributed by atoms with Crippen LogP contribution in [0.25, 0.3) is 6.08 Å². The highest BCUT2D eigenvalue weighted by molar-refractivity contribution is 8.18. The summed E-state index contributed by atoms with van der Waals surface area (Å²) >= 11 is 0.900. The zero-order chi connectivity index (χ0) is 21.0. The Morgan fingerprint density at radius 3 is 2.48 bits per heavy atom. The topological polar surface area (TPSA) is 75.7 Å². The first-order valence-corrected chi connectivity index (χ1v) is 9.95. The van der Waals surface area contributed by atoms with Crippen molar-refractivity contribution in [1.82, 2.24) is 10.2 Å². The number of nitrogens with zero attached hydrogens (tertiary/aromatic N) is 1. The van der Waals surface area contributed by atoms with E-state index in [4.69, 9.17) is 4.74 Å². The summed E-state index contributed by atoms with van der Waals surface area (Å²) in [4.78, 5) is 38.5. The van der Waals surface area contributed by atoms with Crippen LogP contribution in [-0.2, 0) is 4.79 Å². The Balaban J connectivity index is 1.59. The number of carbonyl (C=O) groups is 3. The van der Waals surface area contributed by atoms with Crippen molar-refractivity contribution >= 4 is 34.9 Å². The second-order valence-electron chi connectivity index (χ2n) is 6.66. The average molecular weight is 410 g/mol. The third-order valence-electron chi connectivity index (χ3n) is 4.68. The molecule has 0 saturated carbocycles. The van der Waals surface area contributed by atoms with Gasteiger partial charge in [0, 0.05) is 18.7 Å². The van der Waals surface area contributed by atoms with E-state index in [1.165, 1.54) is 0 Å². The van der Waals surface area contributed by atoms with Crippen LogP contribution in [0.2, 0.25) is 0 Å². The van der Waals surface area contributed by atoms with Gasteiger partial charge in [0.05, 0.1) is 12.0 Å². The lowest BCUT2D eigenvalue weighted by Crippen LogP contribution is -2.37. The molecule has 3 rings (SSSR count). The maximum Gasteiger partial charge on any atom is 0.293 e. The molecular formula is C22H22N2O4S. The summed E-state index contributed by atoms with van der Waals surface area (Å²) in [7, 11) is 1.58. The van der Waals surface area contributed by atoms with Crippen molar-refractivity contribution in [3.8, 4) is 5.75 Å². The molecule has 2 aromatic rings. The van der Waals surface area contributed by atoms with Gasteiger partial charge in [-0.15, -0.1) is 0 Å². The molecule has 0 radical (unpaired) electrons. The van der Waals surface area contributed by atoms with E-state index >= 15 is 0 Å². The minimum Gasteiger partial charge on any atom is -0.497 e. The SMILES string of the molecule is COc1ccc(/C=C2\SC(=O)N(CCNC(=O)c3ccc(C)c(C)c3)C2=O)cc1. The van der Waals surface area contributed by atoms with Crippen LogP contribution >= 0.6 is 11.8 Å². The molecule has 7 heteroatoms. The summed E-state index contributed by atoms with van der Waals surface area (Å²) in [6.07, 6.45) is 1.68. The Labute approximate surface area is 173 Å². The predicted molar refractivity (Wildman–Crippen MR) is 114 cm³/mol. The zero-order valence-corrected chi connectivity index (χ0v) is 17.3. The molecule has 1 fully saturated rings. The molecule has 1 saturated heterocycles. The second-order valence-corrected chi connectivity index (χ2v) is 7.65. The largest absolute Gasteiger partial charge is 0.497 e. The third-order valence-corrected chi connectivity index (χ3v) is 5.58. The number of aryl methyl sites for hydroxylation is 2. The lowest BCUT2D eigenvalue weighted by atomic mass is 10.1. The quantitative estimate of drug-likeness (QED) is 0.734. The molecule has 6 nitrogen and oxygen atoms in total. The summed E-state index contributed by atoms with van der Waals surface area (Å²) in [5.74, 6) is 0.139. The van der Waals surface area contributed by atoms with Crippen molar-refractivity contribution < 1.29 is 19.1 Å². The molecule has 0 aliphatic carbocycles. The van der Waals surface area contributed by atoms with Crippen molar-refractivity contribution in [3.63, 3.8) is 0 Å². The van der Waals surface area contributed by atoms with Crippen LogP contribution in [-0.4, -0.2) is 42.2 Å². The Morgan fingerprint density at radius 1 is 1.10 bits per heavy atom. The minimum absolute atomic E-state index is 0.126. The van der Waals surface area contributed by atoms with Gasteiger partial charge >= 0.3 is 0 Å². The smallest absolute Gasteiger partial charge is 0.293 e. The van der Waals surface area contributed by atoms with Crippen LogP contribution in [0, 0.1) is 13.8 Å². The second kappa shape index (κ2) is 8.96. The summed E-state index contributed by atoms with van der Waals surface area (Å²) in [6, 6.07) is 12.7. The van der Waals surface area contributed by atoms with Gasteiger partial charge in [-0.25, -0.2) is 0 Å². The first-order chi connectivity index (χ1) is 13.9. The lowest BCUT2D eigenvalue weighted by Gasteiger charge is -2.13. The van der Waals surface area contributed by atoms with E-state index in [-0.39, 0.29) is 30.1 Å². The number of nitrogens with one attached hydrogen (secondary N) is 1. The van der Waals surface area contributed by atoms with Crippen LogP contribution in [0.3, 0.4) is 0 Å². The molecule has 0 aromatic heterocycles. The van der Waals surface area contributed by atoms with Gasteiger partial charge in [0.25, 0.3) is 17.1 Å². The van der Waals surface area contributed by atoms with Crippen LogP contribution in [0.1, 0.15) is 27.0 Å². The molecule has 2 aromatic carbocycles. The number of carbonyl (C=O) groups excluding carboxylic acids is 3. The Hall–Kier alpha value is -3.06. The summed E-state index contributed by atoms with van der Waals surface area (Å²) in [6.45, 7) is 4.25. The maximum atomic E-state index is 12.5. The highest BCUT2D eigenvalue weighted by atomic mass is 32.2. The van der Waals surface area contributed by atoms with E-state index in [1.807, 2.05) is 38.1 Å². The van der Waals surface area contributed by atoms with Gasteiger partial charge in [0.2, 0.25) is 0 Å². The maximum absolute atomic E-state index is 12.5. The van der Waals surface area contributed by atoms with E-state index in [0.29, 0.717) is 10.5 Å². The van der Waals surface area contributed by atoms with E-state index in [0.717, 1.165) is 39.1 Å². The first-order valence-electron chi connectivity index (χ1n) is 9.14. The molecule has 29 heavy (non-hydrogen) atoms. The number of amides is 3. The number of rotatable bonds is 6. The lowest BCUT2D eigenvalue weighted by molar-refractivity contribution is -0.122. The molecule has 1 aliphatic heterocycles. The fourth-order valence-corrected chi connectivity index (χ4v) is 3.68. The highest BCUT2D eigenvalue weighted by Crippen LogP contribution is 2.32. The molecule has 1 N–H and O–H groups in total. The van der Waals surface area contributed by atoms with Crippen molar-refractivity contribution in [2.75, 3.05) is 20.2 Å². The molecular weight excluding hydrogens is 388 g/mol. The number of benzene rings is 2. The standard InChI is InChI=1S/C22H22N2O4S/c1-14-4-7-17(12-15(14)2)20(25)23-10-11-24-21(26)19(29-22(24)27)13-16-5-8-18(28-3)9-6-16/h4-9,12-13H,10-11H2,1-3H3,(H,23,25)/b19-13-. The highest BCUT2D eigenvalue weighted by Gasteiger charge is 2.34. The van der Waals surface area contributed by atoms with Gasteiger partial charge in [-0.1, -0.05) is 18.2 Å². The van der Waals surface area contributed by atoms with Crippen LogP contribution in [0.15, 0.2) is 47.4 Å². The number of methoxy groups -OCH3 is 1. The van der Waals surface area contributed by atoms with E-state index in [1.54, 1.807) is 31.4 Å². The normalized spacial score (nSPS) is 15.1. The number of imide groups is 1. The van der Waals surface area contributed by atoms with Crippen molar-refractivity contribution in [3.05, 3.63) is 69.6 Å². The fourth-order valence-electron chi connectivity index (χ4n) is 2.81. The van der Waals surface area contributed by atoms with E-state index in [2.05, 4.69) is 5.32 Å². The zero-order valence-electron chi connectivity index (χ0n) is 16.5. The van der Waals surface area contributed by atoms with Crippen molar-refractivity contribution in [2.24, 2.45) is 0 Å². The number of ether oxygens (including phenoxy) is 1. The molecule has 0 bridgehead atoms. The average Bonchev–Trinajstić information content (AvgIpc) is 2.97. The van der Waals surface area contributed by atoms with Gasteiger partial charge < -0.3 is 10.1 Å². The molecule has 1 heterocycles. The molecule has 0 spiro atoms. The predicted octanol–water partition coefficient (Wildman–Crippen LogP) is 3.78. The van der Waals surface area contributed by atoms with Gasteiger partial charge in [-0.2, -0.15) is 0 Å². The Bertz CT molecular complexity index is 983. The number of hydrogen-bond donors (Lipinski definition) is 1. The summed E-state index contributed by atoms with van der Waals surface area (Å²) < 4.78 is 5.11. The number of thioether (sulfide) groups is 1. The molecule has 1 aliphatic rings. The third kappa shape index (κ3) is 4.86. The molecule has 150 valence electrons. The fraction of sp³-hybridized carbons (Fsp3) is 0.227. The minimum atomic E-state index is -0.351. The van der Waals surface area contributed by atoms with Crippen LogP contribution < -0.4 is 10.1 Å². The van der Waals surface area contributed by atoms with Gasteiger partial charge in [0.15, 0.2) is 0 Å². The summed E-state index contributed by atoms with van der Waals surface area (Å²) in [5.41, 5.74) is 3.51. The van der Waals surface area contributed by atoms with Crippen molar-refractivity contribution in [2.45, 2.75) is 13.8 Å². The molecule has 0 unspecified atom stereocenters. The summed E-state index contributed by atoms with van der Waals surface area (Å²) in [5, 5.41) is 2.43. The Kier molecular flexibility index (Phi) is 6.39. The van der Waals surface area contributed by atoms with Gasteiger partial charge in [0.1, 0.15) is 5.75 Å². The van der Waals surface area contributed by atoms with Crippen LogP contribution in [0.5, 0.6) is 5.75 Å². The van der Waals surface area contributed by atoms with E-state index in [9.17, 15) is 14.4 Å². The van der Waals surface area contributed by atoms with Crippen LogP contribution in [0.4, 0.5) is 4.79 Å². The first kappa shape index (κ1) is 20.7. The van der Waals surface area contributed by atoms with Crippen molar-refractivity contribution in [1.29, 1.82) is 0 Å². The van der Waals surface area contributed by atoms with Gasteiger partial charge in [-0.3, -0.25) is 19.3 Å². The van der Waals surface area contributed by atoms with E-state index < -0.39 is 0 Å². The van der Waals surface area contributed by atoms with Gasteiger partial charge in [-0.05, 0) is 72.6 Å². The monoisotopic (exact) mass is 410 g/mol.